The first-order chi connectivity index (χ1) is 7.89. The average Bonchev–Trinajstić information content (AvgIpc) is 2.23. The third-order valence-electron chi connectivity index (χ3n) is 1.90. The van der Waals surface area contributed by atoms with Crippen molar-refractivity contribution in [2.24, 2.45) is 0 Å². The van der Waals surface area contributed by atoms with Gasteiger partial charge in [-0.3, -0.25) is 0 Å². The van der Waals surface area contributed by atoms with E-state index in [0.29, 0.717) is 13.2 Å². The Morgan fingerprint density at radius 1 is 1.35 bits per heavy atom. The smallest absolute Gasteiger partial charge is 0.377 e. The van der Waals surface area contributed by atoms with Gasteiger partial charge in [0.25, 0.3) is 0 Å². The Bertz CT molecular complexity index is 353. The van der Waals surface area contributed by atoms with Crippen LogP contribution >= 0.6 is 0 Å². The Balaban J connectivity index is 2.49. The third-order valence-corrected chi connectivity index (χ3v) is 1.90. The highest BCUT2D eigenvalue weighted by Crippen LogP contribution is 2.27. The van der Waals surface area contributed by atoms with Crippen LogP contribution in [0.15, 0.2) is 18.2 Å². The predicted octanol–water partition coefficient (Wildman–Crippen LogP) is 2.94. The maximum absolute atomic E-state index is 12.3. The number of rotatable bonds is 5. The first-order valence-corrected chi connectivity index (χ1v) is 5.29. The van der Waals surface area contributed by atoms with Crippen molar-refractivity contribution >= 4 is 5.82 Å². The average molecular weight is 248 g/mol. The molecule has 0 saturated carbocycles. The monoisotopic (exact) mass is 248 g/mol. The summed E-state index contributed by atoms with van der Waals surface area (Å²) in [5.41, 5.74) is -0.896. The summed E-state index contributed by atoms with van der Waals surface area (Å²) in [6.45, 7) is 4.63. The molecule has 1 aromatic rings. The zero-order valence-corrected chi connectivity index (χ0v) is 9.71. The fourth-order valence-electron chi connectivity index (χ4n) is 1.16. The maximum atomic E-state index is 12.3. The van der Waals surface area contributed by atoms with Gasteiger partial charge in [-0.15, -0.1) is 0 Å². The number of nitrogens with zero attached hydrogens (tertiary/aromatic N) is 1. The molecule has 0 aliphatic carbocycles. The molecular weight excluding hydrogens is 233 g/mol. The minimum absolute atomic E-state index is 0.103. The molecule has 3 nitrogen and oxygen atoms in total. The normalized spacial score (nSPS) is 11.9. The lowest BCUT2D eigenvalue weighted by Gasteiger charge is -2.10. The Kier molecular flexibility index (Phi) is 4.74. The highest BCUT2D eigenvalue weighted by Gasteiger charge is 2.32. The van der Waals surface area contributed by atoms with Gasteiger partial charge in [0.2, 0.25) is 0 Å². The molecule has 0 saturated heterocycles. The van der Waals surface area contributed by atoms with E-state index in [-0.39, 0.29) is 11.9 Å². The number of alkyl halides is 3. The van der Waals surface area contributed by atoms with Gasteiger partial charge in [-0.25, -0.2) is 4.98 Å². The number of aromatic nitrogens is 1. The van der Waals surface area contributed by atoms with Crippen LogP contribution < -0.4 is 5.32 Å². The van der Waals surface area contributed by atoms with E-state index in [1.165, 1.54) is 12.1 Å². The van der Waals surface area contributed by atoms with E-state index in [9.17, 15) is 13.2 Å². The SMILES string of the molecule is CC(C)OCCNc1cccc(C(F)(F)F)n1. The Morgan fingerprint density at radius 3 is 2.65 bits per heavy atom. The molecule has 0 bridgehead atoms. The highest BCUT2D eigenvalue weighted by molar-refractivity contribution is 5.35. The Hall–Kier alpha value is -1.30. The van der Waals surface area contributed by atoms with Crippen LogP contribution in [-0.2, 0) is 10.9 Å². The minimum Gasteiger partial charge on any atom is -0.377 e. The molecule has 6 heteroatoms. The molecule has 17 heavy (non-hydrogen) atoms. The van der Waals surface area contributed by atoms with Crippen LogP contribution in [0, 0.1) is 0 Å². The van der Waals surface area contributed by atoms with Crippen molar-refractivity contribution in [3.05, 3.63) is 23.9 Å². The lowest BCUT2D eigenvalue weighted by Crippen LogP contribution is -2.15. The molecule has 1 rings (SSSR count). The van der Waals surface area contributed by atoms with E-state index in [1.807, 2.05) is 13.8 Å². The zero-order chi connectivity index (χ0) is 12.9. The van der Waals surface area contributed by atoms with Gasteiger partial charge >= 0.3 is 6.18 Å². The van der Waals surface area contributed by atoms with E-state index in [0.717, 1.165) is 6.07 Å². The van der Waals surface area contributed by atoms with E-state index in [2.05, 4.69) is 10.3 Å². The number of pyridine rings is 1. The van der Waals surface area contributed by atoms with Crippen molar-refractivity contribution in [3.63, 3.8) is 0 Å². The lowest BCUT2D eigenvalue weighted by molar-refractivity contribution is -0.141. The van der Waals surface area contributed by atoms with Gasteiger partial charge in [0.15, 0.2) is 0 Å². The number of halogens is 3. The predicted molar refractivity (Wildman–Crippen MR) is 58.8 cm³/mol. The van der Waals surface area contributed by atoms with Crippen LogP contribution in [0.4, 0.5) is 19.0 Å². The van der Waals surface area contributed by atoms with Crippen molar-refractivity contribution < 1.29 is 17.9 Å². The highest BCUT2D eigenvalue weighted by atomic mass is 19.4. The second kappa shape index (κ2) is 5.86. The van der Waals surface area contributed by atoms with E-state index < -0.39 is 11.9 Å². The molecule has 0 aliphatic heterocycles. The Morgan fingerprint density at radius 2 is 2.06 bits per heavy atom. The van der Waals surface area contributed by atoms with Gasteiger partial charge in [0, 0.05) is 6.54 Å². The molecule has 0 atom stereocenters. The van der Waals surface area contributed by atoms with Gasteiger partial charge in [-0.2, -0.15) is 13.2 Å². The van der Waals surface area contributed by atoms with Gasteiger partial charge in [0.1, 0.15) is 11.5 Å². The third kappa shape index (κ3) is 5.04. The molecule has 0 unspecified atom stereocenters. The maximum Gasteiger partial charge on any atom is 0.433 e. The summed E-state index contributed by atoms with van der Waals surface area (Å²) in [4.78, 5) is 3.47. The van der Waals surface area contributed by atoms with Crippen LogP contribution in [0.25, 0.3) is 0 Å². The van der Waals surface area contributed by atoms with Crippen molar-refractivity contribution in [1.82, 2.24) is 4.98 Å². The standard InChI is InChI=1S/C11H15F3N2O/c1-8(2)17-7-6-15-10-5-3-4-9(16-10)11(12,13)14/h3-5,8H,6-7H2,1-2H3,(H,15,16). The molecule has 0 aliphatic rings. The molecule has 0 fully saturated rings. The molecule has 1 aromatic heterocycles. The number of ether oxygens (including phenoxy) is 1. The van der Waals surface area contributed by atoms with Crippen molar-refractivity contribution in [2.45, 2.75) is 26.1 Å². The fraction of sp³-hybridized carbons (Fsp3) is 0.545. The van der Waals surface area contributed by atoms with Gasteiger partial charge < -0.3 is 10.1 Å². The molecule has 0 spiro atoms. The van der Waals surface area contributed by atoms with Crippen molar-refractivity contribution in [2.75, 3.05) is 18.5 Å². The van der Waals surface area contributed by atoms with Crippen LogP contribution in [-0.4, -0.2) is 24.2 Å². The largest absolute Gasteiger partial charge is 0.433 e. The molecule has 1 heterocycles. The van der Waals surface area contributed by atoms with Crippen LogP contribution in [0.3, 0.4) is 0 Å². The summed E-state index contributed by atoms with van der Waals surface area (Å²) >= 11 is 0. The molecule has 0 radical (unpaired) electrons. The first kappa shape index (κ1) is 13.8. The second-order valence-electron chi connectivity index (χ2n) is 3.75. The quantitative estimate of drug-likeness (QED) is 0.813. The summed E-state index contributed by atoms with van der Waals surface area (Å²) < 4.78 is 42.3. The van der Waals surface area contributed by atoms with E-state index >= 15 is 0 Å². The van der Waals surface area contributed by atoms with Crippen molar-refractivity contribution in [1.29, 1.82) is 0 Å². The Labute approximate surface area is 98.0 Å². The molecular formula is C11H15F3N2O. The van der Waals surface area contributed by atoms with E-state index in [1.54, 1.807) is 0 Å². The molecule has 0 amide bonds. The van der Waals surface area contributed by atoms with Gasteiger partial charge in [-0.1, -0.05) is 6.07 Å². The van der Waals surface area contributed by atoms with Crippen LogP contribution in [0.1, 0.15) is 19.5 Å². The number of anilines is 1. The van der Waals surface area contributed by atoms with Gasteiger partial charge in [0.05, 0.1) is 12.7 Å². The van der Waals surface area contributed by atoms with Crippen LogP contribution in [0.2, 0.25) is 0 Å². The van der Waals surface area contributed by atoms with Crippen LogP contribution in [0.5, 0.6) is 0 Å². The molecule has 0 aromatic carbocycles. The number of hydrogen-bond donors (Lipinski definition) is 1. The van der Waals surface area contributed by atoms with Crippen molar-refractivity contribution in [3.8, 4) is 0 Å². The second-order valence-corrected chi connectivity index (χ2v) is 3.75. The van der Waals surface area contributed by atoms with E-state index in [4.69, 9.17) is 4.74 Å². The first-order valence-electron chi connectivity index (χ1n) is 5.29. The summed E-state index contributed by atoms with van der Waals surface area (Å²) in [6, 6.07) is 3.75. The fourth-order valence-corrected chi connectivity index (χ4v) is 1.16. The minimum atomic E-state index is -4.41. The number of nitrogens with one attached hydrogen (secondary N) is 1. The summed E-state index contributed by atoms with van der Waals surface area (Å²) in [5.74, 6) is 0.201. The van der Waals surface area contributed by atoms with Gasteiger partial charge in [-0.05, 0) is 26.0 Å². The zero-order valence-electron chi connectivity index (χ0n) is 9.71. The lowest BCUT2D eigenvalue weighted by atomic mass is 10.3. The molecule has 96 valence electrons. The summed E-state index contributed by atoms with van der Waals surface area (Å²) in [6.07, 6.45) is -4.31. The summed E-state index contributed by atoms with van der Waals surface area (Å²) in [5, 5.41) is 2.78. The number of hydrogen-bond acceptors (Lipinski definition) is 3. The topological polar surface area (TPSA) is 34.1 Å². The summed E-state index contributed by atoms with van der Waals surface area (Å²) in [7, 11) is 0. The molecule has 1 N–H and O–H groups in total.